The minimum absolute atomic E-state index is 0.137. The van der Waals surface area contributed by atoms with Crippen LogP contribution in [0.5, 0.6) is 0 Å². The van der Waals surface area contributed by atoms with E-state index in [1.807, 2.05) is 61.0 Å². The van der Waals surface area contributed by atoms with E-state index in [4.69, 9.17) is 0 Å². The summed E-state index contributed by atoms with van der Waals surface area (Å²) in [7, 11) is 1.87. The Bertz CT molecular complexity index is 1340. The number of rotatable bonds is 4. The SMILES string of the molecule is Cc1ccc(-c2c(-c3ccccc3)sc(=NC(=O)c3cccc([N+](=O)[O-])c3)n2C)cc1. The van der Waals surface area contributed by atoms with Gasteiger partial charge in [-0.05, 0) is 24.1 Å². The smallest absolute Gasteiger partial charge is 0.279 e. The molecule has 6 nitrogen and oxygen atoms in total. The second kappa shape index (κ2) is 8.49. The predicted molar refractivity (Wildman–Crippen MR) is 122 cm³/mol. The highest BCUT2D eigenvalue weighted by atomic mass is 32.1. The number of amides is 1. The van der Waals surface area contributed by atoms with E-state index in [1.165, 1.54) is 35.6 Å². The first kappa shape index (κ1) is 20.4. The Kier molecular flexibility index (Phi) is 5.60. The van der Waals surface area contributed by atoms with Crippen LogP contribution in [0.2, 0.25) is 0 Å². The Morgan fingerprint density at radius 1 is 0.968 bits per heavy atom. The second-order valence-corrected chi connectivity index (χ2v) is 8.06. The zero-order valence-electron chi connectivity index (χ0n) is 17.0. The lowest BCUT2D eigenvalue weighted by Gasteiger charge is -2.08. The molecule has 1 amide bonds. The highest BCUT2D eigenvalue weighted by molar-refractivity contribution is 7.13. The summed E-state index contributed by atoms with van der Waals surface area (Å²) < 4.78 is 1.90. The van der Waals surface area contributed by atoms with E-state index in [-0.39, 0.29) is 11.3 Å². The molecule has 7 heteroatoms. The van der Waals surface area contributed by atoms with Gasteiger partial charge in [-0.3, -0.25) is 14.9 Å². The van der Waals surface area contributed by atoms with Crippen molar-refractivity contribution in [2.24, 2.45) is 12.0 Å². The summed E-state index contributed by atoms with van der Waals surface area (Å²) in [6, 6.07) is 23.8. The maximum atomic E-state index is 12.8. The van der Waals surface area contributed by atoms with Crippen LogP contribution in [0, 0.1) is 17.0 Å². The predicted octanol–water partition coefficient (Wildman–Crippen LogP) is 5.38. The number of non-ortho nitro benzene ring substituents is 1. The summed E-state index contributed by atoms with van der Waals surface area (Å²) in [5.41, 5.74) is 4.22. The number of nitro groups is 1. The molecular weight excluding hydrogens is 410 g/mol. The third-order valence-corrected chi connectivity index (χ3v) is 6.07. The lowest BCUT2D eigenvalue weighted by molar-refractivity contribution is -0.384. The van der Waals surface area contributed by atoms with Gasteiger partial charge in [-0.15, -0.1) is 0 Å². The molecule has 1 heterocycles. The lowest BCUT2D eigenvalue weighted by atomic mass is 10.1. The largest absolute Gasteiger partial charge is 0.319 e. The van der Waals surface area contributed by atoms with Gasteiger partial charge < -0.3 is 4.57 Å². The van der Waals surface area contributed by atoms with Crippen LogP contribution in [0.15, 0.2) is 83.9 Å². The summed E-state index contributed by atoms with van der Waals surface area (Å²) >= 11 is 1.41. The maximum absolute atomic E-state index is 12.8. The van der Waals surface area contributed by atoms with Crippen LogP contribution in [0.3, 0.4) is 0 Å². The Labute approximate surface area is 182 Å². The van der Waals surface area contributed by atoms with E-state index in [0.717, 1.165) is 27.3 Å². The summed E-state index contributed by atoms with van der Waals surface area (Å²) in [5.74, 6) is -0.518. The zero-order chi connectivity index (χ0) is 22.0. The van der Waals surface area contributed by atoms with Crippen molar-refractivity contribution in [1.29, 1.82) is 0 Å². The Balaban J connectivity index is 1.87. The molecule has 0 aliphatic rings. The molecule has 0 N–H and O–H groups in total. The highest BCUT2D eigenvalue weighted by Crippen LogP contribution is 2.34. The molecule has 0 aliphatic carbocycles. The summed E-state index contributed by atoms with van der Waals surface area (Å²) in [6.45, 7) is 2.04. The van der Waals surface area contributed by atoms with Crippen LogP contribution in [0.25, 0.3) is 21.7 Å². The van der Waals surface area contributed by atoms with E-state index >= 15 is 0 Å². The molecule has 0 bridgehead atoms. The number of carbonyl (C=O) groups excluding carboxylic acids is 1. The van der Waals surface area contributed by atoms with E-state index in [2.05, 4.69) is 17.1 Å². The Hall–Kier alpha value is -3.84. The highest BCUT2D eigenvalue weighted by Gasteiger charge is 2.17. The topological polar surface area (TPSA) is 77.5 Å². The number of benzene rings is 3. The van der Waals surface area contributed by atoms with E-state index in [1.54, 1.807) is 0 Å². The molecule has 31 heavy (non-hydrogen) atoms. The molecule has 4 rings (SSSR count). The molecule has 3 aromatic carbocycles. The molecule has 0 saturated carbocycles. The van der Waals surface area contributed by atoms with E-state index < -0.39 is 10.8 Å². The van der Waals surface area contributed by atoms with Crippen LogP contribution < -0.4 is 4.80 Å². The molecule has 0 aliphatic heterocycles. The van der Waals surface area contributed by atoms with Gasteiger partial charge in [0.1, 0.15) is 0 Å². The molecule has 0 atom stereocenters. The van der Waals surface area contributed by atoms with Gasteiger partial charge in [-0.2, -0.15) is 4.99 Å². The second-order valence-electron chi connectivity index (χ2n) is 7.08. The third-order valence-electron chi connectivity index (χ3n) is 4.89. The van der Waals surface area contributed by atoms with Gasteiger partial charge >= 0.3 is 0 Å². The number of aromatic nitrogens is 1. The third kappa shape index (κ3) is 4.22. The molecule has 0 radical (unpaired) electrons. The van der Waals surface area contributed by atoms with Gasteiger partial charge in [-0.1, -0.05) is 77.6 Å². The summed E-state index contributed by atoms with van der Waals surface area (Å²) in [5, 5.41) is 11.0. The number of carbonyl (C=O) groups is 1. The molecule has 4 aromatic rings. The number of hydrogen-bond donors (Lipinski definition) is 0. The monoisotopic (exact) mass is 429 g/mol. The van der Waals surface area contributed by atoms with Gasteiger partial charge in [0.25, 0.3) is 11.6 Å². The molecule has 154 valence electrons. The molecule has 0 fully saturated rings. The fraction of sp³-hybridized carbons (Fsp3) is 0.0833. The molecule has 1 aromatic heterocycles. The number of hydrogen-bond acceptors (Lipinski definition) is 4. The van der Waals surface area contributed by atoms with Crippen molar-refractivity contribution in [3.8, 4) is 21.7 Å². The number of nitrogens with zero attached hydrogens (tertiary/aromatic N) is 3. The number of nitro benzene ring substituents is 1. The van der Waals surface area contributed by atoms with Crippen LogP contribution in [-0.2, 0) is 7.05 Å². The molecular formula is C24H19N3O3S. The summed E-state index contributed by atoms with van der Waals surface area (Å²) in [4.78, 5) is 29.1. The van der Waals surface area contributed by atoms with Gasteiger partial charge in [0.05, 0.1) is 15.5 Å². The van der Waals surface area contributed by atoms with Crippen molar-refractivity contribution in [1.82, 2.24) is 4.57 Å². The lowest BCUT2D eigenvalue weighted by Crippen LogP contribution is -2.14. The van der Waals surface area contributed by atoms with Crippen molar-refractivity contribution in [3.63, 3.8) is 0 Å². The normalized spacial score (nSPS) is 11.5. The first-order valence-electron chi connectivity index (χ1n) is 9.60. The fourth-order valence-electron chi connectivity index (χ4n) is 3.28. The van der Waals surface area contributed by atoms with E-state index in [9.17, 15) is 14.9 Å². The van der Waals surface area contributed by atoms with Crippen molar-refractivity contribution in [2.75, 3.05) is 0 Å². The van der Waals surface area contributed by atoms with Gasteiger partial charge in [0.15, 0.2) is 4.80 Å². The Morgan fingerprint density at radius 3 is 2.35 bits per heavy atom. The first-order valence-corrected chi connectivity index (χ1v) is 10.4. The van der Waals surface area contributed by atoms with Gasteiger partial charge in [-0.25, -0.2) is 0 Å². The number of thiazole rings is 1. The first-order chi connectivity index (χ1) is 14.9. The van der Waals surface area contributed by atoms with E-state index in [0.29, 0.717) is 4.80 Å². The molecule has 0 unspecified atom stereocenters. The van der Waals surface area contributed by atoms with Crippen LogP contribution >= 0.6 is 11.3 Å². The average molecular weight is 430 g/mol. The zero-order valence-corrected chi connectivity index (χ0v) is 17.8. The van der Waals surface area contributed by atoms with Gasteiger partial charge in [0.2, 0.25) is 0 Å². The summed E-state index contributed by atoms with van der Waals surface area (Å²) in [6.07, 6.45) is 0. The minimum atomic E-state index is -0.523. The Morgan fingerprint density at radius 2 is 1.68 bits per heavy atom. The standard InChI is InChI=1S/C24H19N3O3S/c1-16-11-13-17(14-12-16)21-22(18-7-4-3-5-8-18)31-24(26(21)2)25-23(28)19-9-6-10-20(15-19)27(29)30/h3-15H,1-2H3. The minimum Gasteiger partial charge on any atom is -0.319 e. The molecule has 0 saturated heterocycles. The van der Waals surface area contributed by atoms with Crippen molar-refractivity contribution in [3.05, 3.63) is 105 Å². The van der Waals surface area contributed by atoms with Crippen molar-refractivity contribution < 1.29 is 9.72 Å². The maximum Gasteiger partial charge on any atom is 0.279 e. The average Bonchev–Trinajstić information content (AvgIpc) is 3.11. The van der Waals surface area contributed by atoms with Gasteiger partial charge in [0, 0.05) is 24.7 Å². The van der Waals surface area contributed by atoms with Crippen molar-refractivity contribution in [2.45, 2.75) is 6.92 Å². The van der Waals surface area contributed by atoms with Crippen LogP contribution in [0.4, 0.5) is 5.69 Å². The van der Waals surface area contributed by atoms with Crippen LogP contribution in [0.1, 0.15) is 15.9 Å². The molecule has 0 spiro atoms. The number of aryl methyl sites for hydroxylation is 1. The fourth-order valence-corrected chi connectivity index (χ4v) is 4.42. The quantitative estimate of drug-likeness (QED) is 0.323. The van der Waals surface area contributed by atoms with Crippen LogP contribution in [-0.4, -0.2) is 15.4 Å². The van der Waals surface area contributed by atoms with Crippen molar-refractivity contribution >= 4 is 22.9 Å².